The van der Waals surface area contributed by atoms with Crippen LogP contribution in [0.2, 0.25) is 0 Å². The highest BCUT2D eigenvalue weighted by Gasteiger charge is 2.20. The number of benzene rings is 1. The van der Waals surface area contributed by atoms with Crippen LogP contribution in [0.3, 0.4) is 0 Å². The molecule has 1 fully saturated rings. The predicted molar refractivity (Wildman–Crippen MR) is 98.4 cm³/mol. The van der Waals surface area contributed by atoms with Crippen LogP contribution < -0.4 is 15.4 Å². The lowest BCUT2D eigenvalue weighted by molar-refractivity contribution is -0.123. The fourth-order valence-electron chi connectivity index (χ4n) is 2.88. The molecule has 2 heterocycles. The van der Waals surface area contributed by atoms with Crippen LogP contribution in [0.5, 0.6) is 5.75 Å². The number of para-hydroxylation sites is 1. The number of rotatable bonds is 6. The first-order valence-electron chi connectivity index (χ1n) is 8.43. The van der Waals surface area contributed by atoms with E-state index in [4.69, 9.17) is 13.9 Å². The maximum absolute atomic E-state index is 12.2. The molecule has 0 radical (unpaired) electrons. The quantitative estimate of drug-likeness (QED) is 0.820. The Balaban J connectivity index is 0.00000225. The molecule has 0 saturated carbocycles. The number of hydrogen-bond acceptors (Lipinski definition) is 5. The topological polar surface area (TPSA) is 72.7 Å². The summed E-state index contributed by atoms with van der Waals surface area (Å²) in [4.78, 5) is 12.2. The zero-order chi connectivity index (χ0) is 16.9. The van der Waals surface area contributed by atoms with Gasteiger partial charge in [-0.3, -0.25) is 4.79 Å². The Hall–Kier alpha value is -1.76. The molecule has 0 spiro atoms. The largest absolute Gasteiger partial charge is 0.490 e. The van der Waals surface area contributed by atoms with Gasteiger partial charge in [-0.15, -0.1) is 12.4 Å². The van der Waals surface area contributed by atoms with Gasteiger partial charge in [0.2, 0.25) is 5.91 Å². The number of fused-ring (bicyclic) bond motifs is 1. The minimum absolute atomic E-state index is 0. The predicted octanol–water partition coefficient (Wildman–Crippen LogP) is 2.81. The van der Waals surface area contributed by atoms with E-state index in [9.17, 15) is 4.79 Å². The number of carbonyl (C=O) groups excluding carboxylic acids is 1. The summed E-state index contributed by atoms with van der Waals surface area (Å²) in [6.07, 6.45) is 0.398. The number of amides is 1. The molecule has 1 amide bonds. The van der Waals surface area contributed by atoms with Crippen molar-refractivity contribution in [2.24, 2.45) is 0 Å². The molecule has 1 aromatic heterocycles. The minimum Gasteiger partial charge on any atom is -0.490 e. The van der Waals surface area contributed by atoms with Crippen LogP contribution in [-0.4, -0.2) is 38.3 Å². The molecule has 2 aromatic rings. The van der Waals surface area contributed by atoms with Gasteiger partial charge in [-0.05, 0) is 26.0 Å². The summed E-state index contributed by atoms with van der Waals surface area (Å²) in [5.74, 6) is 1.43. The summed E-state index contributed by atoms with van der Waals surface area (Å²) in [5.41, 5.74) is 0.720. The Morgan fingerprint density at radius 1 is 1.48 bits per heavy atom. The lowest BCUT2D eigenvalue weighted by Crippen LogP contribution is -2.44. The van der Waals surface area contributed by atoms with E-state index in [1.165, 1.54) is 0 Å². The van der Waals surface area contributed by atoms with Crippen molar-refractivity contribution in [3.05, 3.63) is 30.0 Å². The summed E-state index contributed by atoms with van der Waals surface area (Å²) in [6, 6.07) is 7.62. The number of halogens is 1. The molecule has 138 valence electrons. The zero-order valence-corrected chi connectivity index (χ0v) is 15.4. The average molecular weight is 369 g/mol. The molecular formula is C18H25ClN2O4. The number of furan rings is 1. The van der Waals surface area contributed by atoms with Crippen molar-refractivity contribution in [3.8, 4) is 5.75 Å². The Morgan fingerprint density at radius 3 is 3.04 bits per heavy atom. The first-order valence-corrected chi connectivity index (χ1v) is 8.43. The number of nitrogens with one attached hydrogen (secondary N) is 2. The Morgan fingerprint density at radius 2 is 2.32 bits per heavy atom. The van der Waals surface area contributed by atoms with Crippen molar-refractivity contribution in [1.29, 1.82) is 0 Å². The van der Waals surface area contributed by atoms with Crippen LogP contribution in [0.25, 0.3) is 11.0 Å². The molecule has 25 heavy (non-hydrogen) atoms. The van der Waals surface area contributed by atoms with Gasteiger partial charge in [-0.25, -0.2) is 0 Å². The third kappa shape index (κ3) is 4.87. The number of carbonyl (C=O) groups is 1. The molecule has 2 unspecified atom stereocenters. The molecule has 1 saturated heterocycles. The van der Waals surface area contributed by atoms with Gasteiger partial charge in [0.25, 0.3) is 0 Å². The van der Waals surface area contributed by atoms with Gasteiger partial charge in [0.15, 0.2) is 11.3 Å². The second-order valence-corrected chi connectivity index (χ2v) is 5.98. The van der Waals surface area contributed by atoms with Crippen molar-refractivity contribution in [2.45, 2.75) is 32.4 Å². The van der Waals surface area contributed by atoms with Gasteiger partial charge >= 0.3 is 0 Å². The van der Waals surface area contributed by atoms with Crippen LogP contribution >= 0.6 is 12.4 Å². The van der Waals surface area contributed by atoms with Crippen molar-refractivity contribution >= 4 is 29.3 Å². The van der Waals surface area contributed by atoms with Crippen molar-refractivity contribution < 1.29 is 18.7 Å². The summed E-state index contributed by atoms with van der Waals surface area (Å²) >= 11 is 0. The summed E-state index contributed by atoms with van der Waals surface area (Å²) in [5, 5.41) is 7.24. The van der Waals surface area contributed by atoms with Crippen LogP contribution in [-0.2, 0) is 9.53 Å². The van der Waals surface area contributed by atoms with Crippen LogP contribution in [0.1, 0.15) is 32.1 Å². The Kier molecular flexibility index (Phi) is 7.11. The van der Waals surface area contributed by atoms with Gasteiger partial charge in [0, 0.05) is 24.4 Å². The normalized spacial score (nSPS) is 18.4. The number of hydrogen-bond donors (Lipinski definition) is 2. The zero-order valence-electron chi connectivity index (χ0n) is 14.5. The first-order chi connectivity index (χ1) is 11.7. The molecule has 3 rings (SSSR count). The SMILES string of the molecule is CCOc1cccc2cc(C(C)NC(=O)CC3COCCN3)oc12.Cl. The van der Waals surface area contributed by atoms with Crippen molar-refractivity contribution in [2.75, 3.05) is 26.4 Å². The molecule has 2 N–H and O–H groups in total. The maximum Gasteiger partial charge on any atom is 0.222 e. The molecule has 1 aliphatic rings. The fourth-order valence-corrected chi connectivity index (χ4v) is 2.88. The van der Waals surface area contributed by atoms with Crippen LogP contribution in [0.4, 0.5) is 0 Å². The van der Waals surface area contributed by atoms with Crippen LogP contribution in [0, 0.1) is 0 Å². The Labute approximate surface area is 153 Å². The first kappa shape index (κ1) is 19.6. The smallest absolute Gasteiger partial charge is 0.222 e. The number of ether oxygens (including phenoxy) is 2. The Bertz CT molecular complexity index is 697. The fraction of sp³-hybridized carbons (Fsp3) is 0.500. The maximum atomic E-state index is 12.2. The monoisotopic (exact) mass is 368 g/mol. The van der Waals surface area contributed by atoms with Gasteiger partial charge < -0.3 is 24.5 Å². The highest BCUT2D eigenvalue weighted by atomic mass is 35.5. The van der Waals surface area contributed by atoms with E-state index < -0.39 is 0 Å². The third-order valence-electron chi connectivity index (χ3n) is 4.06. The highest BCUT2D eigenvalue weighted by molar-refractivity contribution is 5.85. The van der Waals surface area contributed by atoms with Crippen LogP contribution in [0.15, 0.2) is 28.7 Å². The van der Waals surface area contributed by atoms with Gasteiger partial charge in [0.1, 0.15) is 5.76 Å². The van der Waals surface area contributed by atoms with E-state index >= 15 is 0 Å². The molecule has 7 heteroatoms. The van der Waals surface area contributed by atoms with Crippen molar-refractivity contribution in [3.63, 3.8) is 0 Å². The molecule has 0 aliphatic carbocycles. The molecule has 1 aliphatic heterocycles. The van der Waals surface area contributed by atoms with E-state index in [-0.39, 0.29) is 30.4 Å². The van der Waals surface area contributed by atoms with Gasteiger partial charge in [-0.1, -0.05) is 12.1 Å². The summed E-state index contributed by atoms with van der Waals surface area (Å²) in [7, 11) is 0. The lowest BCUT2D eigenvalue weighted by atomic mass is 10.1. The summed E-state index contributed by atoms with van der Waals surface area (Å²) < 4.78 is 16.9. The van der Waals surface area contributed by atoms with E-state index in [1.807, 2.05) is 38.1 Å². The lowest BCUT2D eigenvalue weighted by Gasteiger charge is -2.23. The third-order valence-corrected chi connectivity index (χ3v) is 4.06. The standard InChI is InChI=1S/C18H24N2O4.ClH/c1-3-23-15-6-4-5-13-9-16(24-18(13)15)12(2)20-17(21)10-14-11-22-8-7-19-14;/h4-6,9,12,14,19H,3,7-8,10-11H2,1-2H3,(H,20,21);1H. The molecule has 6 nitrogen and oxygen atoms in total. The van der Waals surface area contributed by atoms with Gasteiger partial charge in [0.05, 0.1) is 25.9 Å². The minimum atomic E-state index is -0.205. The van der Waals surface area contributed by atoms with E-state index in [0.717, 1.165) is 29.0 Å². The number of morpholine rings is 1. The van der Waals surface area contributed by atoms with Gasteiger partial charge in [-0.2, -0.15) is 0 Å². The van der Waals surface area contributed by atoms with Crippen molar-refractivity contribution in [1.82, 2.24) is 10.6 Å². The molecular weight excluding hydrogens is 344 g/mol. The summed E-state index contributed by atoms with van der Waals surface area (Å²) in [6.45, 7) is 6.50. The molecule has 0 bridgehead atoms. The molecule has 1 aromatic carbocycles. The highest BCUT2D eigenvalue weighted by Crippen LogP contribution is 2.31. The van der Waals surface area contributed by atoms with E-state index in [1.54, 1.807) is 0 Å². The van der Waals surface area contributed by atoms with E-state index in [0.29, 0.717) is 26.2 Å². The second kappa shape index (κ2) is 9.08. The van der Waals surface area contributed by atoms with E-state index in [2.05, 4.69) is 10.6 Å². The average Bonchev–Trinajstić information content (AvgIpc) is 3.01. The molecule has 2 atom stereocenters. The second-order valence-electron chi connectivity index (χ2n) is 5.98.